The van der Waals surface area contributed by atoms with Crippen LogP contribution in [0.25, 0.3) is 0 Å². The number of nitrogens with one attached hydrogen (secondary N) is 1. The zero-order valence-corrected chi connectivity index (χ0v) is 19.4. The van der Waals surface area contributed by atoms with E-state index in [1.54, 1.807) is 0 Å². The van der Waals surface area contributed by atoms with Crippen LogP contribution < -0.4 is 5.32 Å². The van der Waals surface area contributed by atoms with Gasteiger partial charge in [0.05, 0.1) is 11.8 Å². The highest BCUT2D eigenvalue weighted by atomic mass is 19.1. The molecule has 0 radical (unpaired) electrons. The first-order valence-corrected chi connectivity index (χ1v) is 12.2. The fourth-order valence-corrected chi connectivity index (χ4v) is 6.37. The summed E-state index contributed by atoms with van der Waals surface area (Å²) in [6.07, 6.45) is 5.32. The Morgan fingerprint density at radius 2 is 1.56 bits per heavy atom. The Kier molecular flexibility index (Phi) is 5.47. The molecule has 7 nitrogen and oxygen atoms in total. The van der Waals surface area contributed by atoms with E-state index in [-0.39, 0.29) is 30.1 Å². The van der Waals surface area contributed by atoms with Gasteiger partial charge in [-0.05, 0) is 59.9 Å². The maximum absolute atomic E-state index is 13.6. The Labute approximate surface area is 207 Å². The SMILES string of the molecule is O=C(COC(=O)[C@H](Cc1ccccc1)N1C(=O)[C@@H]2[C@H]3C=C[C@@H]([C@@H]4C[C@H]34)[C@H]2C1=O)Nc1ccc(F)cc1. The lowest BCUT2D eigenvalue weighted by molar-refractivity contribution is -0.160. The van der Waals surface area contributed by atoms with Crippen molar-refractivity contribution in [3.63, 3.8) is 0 Å². The number of hydrogen-bond acceptors (Lipinski definition) is 5. The molecule has 4 aliphatic carbocycles. The van der Waals surface area contributed by atoms with Crippen molar-refractivity contribution in [1.82, 2.24) is 4.90 Å². The minimum atomic E-state index is -1.16. The molecule has 0 spiro atoms. The van der Waals surface area contributed by atoms with Gasteiger partial charge in [-0.15, -0.1) is 0 Å². The van der Waals surface area contributed by atoms with Crippen molar-refractivity contribution in [2.75, 3.05) is 11.9 Å². The molecule has 2 aromatic rings. The molecular weight excluding hydrogens is 463 g/mol. The molecule has 2 aromatic carbocycles. The average Bonchev–Trinajstić information content (AvgIpc) is 3.67. The normalized spacial score (nSPS) is 30.0. The first kappa shape index (κ1) is 22.6. The molecule has 7 rings (SSSR count). The van der Waals surface area contributed by atoms with Crippen LogP contribution in [0.1, 0.15) is 12.0 Å². The summed E-state index contributed by atoms with van der Waals surface area (Å²) in [5, 5.41) is 2.53. The van der Waals surface area contributed by atoms with Crippen molar-refractivity contribution >= 4 is 29.4 Å². The number of ether oxygens (including phenoxy) is 1. The molecule has 1 saturated heterocycles. The van der Waals surface area contributed by atoms with Gasteiger partial charge in [0.15, 0.2) is 6.61 Å². The predicted octanol–water partition coefficient (Wildman–Crippen LogP) is 2.97. The Balaban J connectivity index is 1.20. The molecule has 0 aromatic heterocycles. The number of hydrogen-bond donors (Lipinski definition) is 1. The number of carbonyl (C=O) groups is 4. The Bertz CT molecular complexity index is 1220. The van der Waals surface area contributed by atoms with Crippen molar-refractivity contribution in [2.45, 2.75) is 18.9 Å². The Morgan fingerprint density at radius 1 is 0.944 bits per heavy atom. The van der Waals surface area contributed by atoms with E-state index < -0.39 is 42.2 Å². The second-order valence-electron chi connectivity index (χ2n) is 10.1. The van der Waals surface area contributed by atoms with Gasteiger partial charge < -0.3 is 10.1 Å². The minimum absolute atomic E-state index is 0.0429. The number of carbonyl (C=O) groups excluding carboxylic acids is 4. The molecule has 1 N–H and O–H groups in total. The molecule has 1 aliphatic heterocycles. The van der Waals surface area contributed by atoms with Crippen LogP contribution in [0.2, 0.25) is 0 Å². The predicted molar refractivity (Wildman–Crippen MR) is 126 cm³/mol. The Morgan fingerprint density at radius 3 is 2.17 bits per heavy atom. The van der Waals surface area contributed by atoms with Gasteiger partial charge in [0.25, 0.3) is 5.91 Å². The molecule has 1 heterocycles. The maximum atomic E-state index is 13.6. The van der Waals surface area contributed by atoms with Gasteiger partial charge in [-0.1, -0.05) is 42.5 Å². The maximum Gasteiger partial charge on any atom is 0.330 e. The number of imide groups is 1. The monoisotopic (exact) mass is 488 g/mol. The van der Waals surface area contributed by atoms with Crippen molar-refractivity contribution in [3.05, 3.63) is 78.1 Å². The van der Waals surface area contributed by atoms with Gasteiger partial charge in [0.1, 0.15) is 11.9 Å². The Hall–Kier alpha value is -3.81. The molecule has 3 fully saturated rings. The van der Waals surface area contributed by atoms with Crippen molar-refractivity contribution < 1.29 is 28.3 Å². The number of anilines is 1. The largest absolute Gasteiger partial charge is 0.454 e. The number of benzene rings is 2. The van der Waals surface area contributed by atoms with Crippen LogP contribution in [0.15, 0.2) is 66.7 Å². The van der Waals surface area contributed by atoms with E-state index in [2.05, 4.69) is 17.5 Å². The number of allylic oxidation sites excluding steroid dienone is 2. The van der Waals surface area contributed by atoms with Crippen LogP contribution in [-0.2, 0) is 30.3 Å². The zero-order valence-electron chi connectivity index (χ0n) is 19.4. The number of esters is 1. The van der Waals surface area contributed by atoms with Crippen LogP contribution in [0.4, 0.5) is 10.1 Å². The summed E-state index contributed by atoms with van der Waals surface area (Å²) in [6.45, 7) is -0.596. The highest BCUT2D eigenvalue weighted by Crippen LogP contribution is 2.65. The summed E-state index contributed by atoms with van der Waals surface area (Å²) in [7, 11) is 0. The third-order valence-electron chi connectivity index (χ3n) is 8.03. The second kappa shape index (κ2) is 8.69. The lowest BCUT2D eigenvalue weighted by Crippen LogP contribution is -2.48. The lowest BCUT2D eigenvalue weighted by Gasteiger charge is -2.37. The molecule has 0 unspecified atom stereocenters. The summed E-state index contributed by atoms with van der Waals surface area (Å²) < 4.78 is 18.4. The summed E-state index contributed by atoms with van der Waals surface area (Å²) in [6, 6.07) is 13.1. The number of rotatable bonds is 7. The van der Waals surface area contributed by atoms with Crippen LogP contribution in [0.3, 0.4) is 0 Å². The highest BCUT2D eigenvalue weighted by molar-refractivity contribution is 6.09. The fourth-order valence-electron chi connectivity index (χ4n) is 6.37. The molecule has 8 heteroatoms. The summed E-state index contributed by atoms with van der Waals surface area (Å²) in [5.41, 5.74) is 1.13. The van der Waals surface area contributed by atoms with Crippen molar-refractivity contribution in [3.8, 4) is 0 Å². The standard InChI is InChI=1S/C28H25FN2O5/c29-16-6-8-17(9-7-16)30-23(32)14-36-28(35)22(12-15-4-2-1-3-5-15)31-26(33)24-18-10-11-19(21-13-20(18)21)25(24)27(31)34/h1-11,18-22,24-25H,12-14H2,(H,30,32)/t18-,19-,20-,21+,22-,24+,25+/m0/s1. The summed E-state index contributed by atoms with van der Waals surface area (Å²) in [5.74, 6) is -2.35. The lowest BCUT2D eigenvalue weighted by atomic mass is 9.63. The minimum Gasteiger partial charge on any atom is -0.454 e. The smallest absolute Gasteiger partial charge is 0.330 e. The molecule has 2 saturated carbocycles. The second-order valence-corrected chi connectivity index (χ2v) is 10.1. The fraction of sp³-hybridized carbons (Fsp3) is 0.357. The van der Waals surface area contributed by atoms with Gasteiger partial charge >= 0.3 is 5.97 Å². The quantitative estimate of drug-likeness (QED) is 0.368. The van der Waals surface area contributed by atoms with E-state index in [9.17, 15) is 23.6 Å². The van der Waals surface area contributed by atoms with Crippen molar-refractivity contribution in [1.29, 1.82) is 0 Å². The van der Waals surface area contributed by atoms with E-state index in [0.29, 0.717) is 17.5 Å². The van der Waals surface area contributed by atoms with Crippen LogP contribution in [0, 0.1) is 41.3 Å². The van der Waals surface area contributed by atoms with Gasteiger partial charge in [-0.3, -0.25) is 19.3 Å². The van der Waals surface area contributed by atoms with Crippen LogP contribution >= 0.6 is 0 Å². The number of amides is 3. The van der Waals surface area contributed by atoms with E-state index >= 15 is 0 Å². The molecule has 3 amide bonds. The zero-order chi connectivity index (χ0) is 25.0. The summed E-state index contributed by atoms with van der Waals surface area (Å²) in [4.78, 5) is 53.9. The van der Waals surface area contributed by atoms with Gasteiger partial charge in [-0.25, -0.2) is 9.18 Å². The van der Waals surface area contributed by atoms with Crippen LogP contribution in [-0.4, -0.2) is 41.2 Å². The van der Waals surface area contributed by atoms with Crippen molar-refractivity contribution in [2.24, 2.45) is 35.5 Å². The molecule has 2 bridgehead atoms. The van der Waals surface area contributed by atoms with E-state index in [4.69, 9.17) is 4.74 Å². The van der Waals surface area contributed by atoms with Gasteiger partial charge in [-0.2, -0.15) is 0 Å². The molecule has 184 valence electrons. The topological polar surface area (TPSA) is 92.8 Å². The molecule has 36 heavy (non-hydrogen) atoms. The molecular formula is C28H25FN2O5. The number of likely N-dealkylation sites (tertiary alicyclic amines) is 1. The highest BCUT2D eigenvalue weighted by Gasteiger charge is 2.68. The van der Waals surface area contributed by atoms with E-state index in [1.807, 2.05) is 30.3 Å². The van der Waals surface area contributed by atoms with Gasteiger partial charge in [0.2, 0.25) is 11.8 Å². The number of nitrogens with zero attached hydrogens (tertiary/aromatic N) is 1. The first-order chi connectivity index (χ1) is 17.4. The van der Waals surface area contributed by atoms with Crippen LogP contribution in [0.5, 0.6) is 0 Å². The third kappa shape index (κ3) is 3.81. The number of halogens is 1. The molecule has 7 atom stereocenters. The summed E-state index contributed by atoms with van der Waals surface area (Å²) >= 11 is 0. The van der Waals surface area contributed by atoms with E-state index in [0.717, 1.165) is 16.9 Å². The third-order valence-corrected chi connectivity index (χ3v) is 8.03. The first-order valence-electron chi connectivity index (χ1n) is 12.2. The molecule has 5 aliphatic rings. The van der Waals surface area contributed by atoms with E-state index in [1.165, 1.54) is 24.3 Å². The van der Waals surface area contributed by atoms with Gasteiger partial charge in [0, 0.05) is 12.1 Å². The average molecular weight is 489 g/mol.